The Morgan fingerprint density at radius 2 is 2.00 bits per heavy atom. The van der Waals surface area contributed by atoms with Crippen LogP contribution in [0.2, 0.25) is 0 Å². The number of anilines is 1. The summed E-state index contributed by atoms with van der Waals surface area (Å²) in [5.41, 5.74) is 5.54. The summed E-state index contributed by atoms with van der Waals surface area (Å²) in [4.78, 5) is 34.0. The molecule has 3 aromatic heterocycles. The monoisotopic (exact) mass is 578 g/mol. The lowest BCUT2D eigenvalue weighted by Crippen LogP contribution is -2.29. The first-order valence-corrected chi connectivity index (χ1v) is 11.9. The molecule has 36 heavy (non-hydrogen) atoms. The third-order valence-electron chi connectivity index (χ3n) is 5.33. The Hall–Kier alpha value is -3.71. The van der Waals surface area contributed by atoms with Crippen molar-refractivity contribution in [2.45, 2.75) is 18.7 Å². The van der Waals surface area contributed by atoms with Crippen molar-refractivity contribution < 1.29 is 32.0 Å². The lowest BCUT2D eigenvalue weighted by molar-refractivity contribution is -0.140. The molecule has 1 unspecified atom stereocenters. The van der Waals surface area contributed by atoms with Gasteiger partial charge in [0.05, 0.1) is 17.7 Å². The van der Waals surface area contributed by atoms with Crippen LogP contribution in [-0.2, 0) is 15.8 Å². The summed E-state index contributed by atoms with van der Waals surface area (Å²) in [7, 11) is 0. The highest BCUT2D eigenvalue weighted by atomic mass is 79.9. The average molecular weight is 579 g/mol. The zero-order valence-electron chi connectivity index (χ0n) is 17.9. The van der Waals surface area contributed by atoms with Gasteiger partial charge in [-0.2, -0.15) is 13.2 Å². The van der Waals surface area contributed by atoms with Gasteiger partial charge in [0.15, 0.2) is 0 Å². The lowest BCUT2D eigenvalue weighted by atomic mass is 10.0. The van der Waals surface area contributed by atoms with Crippen LogP contribution < -0.4 is 11.1 Å². The molecular formula is C23H14BrF3N4O4S. The summed E-state index contributed by atoms with van der Waals surface area (Å²) >= 11 is 4.02. The summed E-state index contributed by atoms with van der Waals surface area (Å²) in [6.07, 6.45) is -4.36. The summed E-state index contributed by atoms with van der Waals surface area (Å²) in [6.45, 7) is 0. The number of alkyl halides is 3. The van der Waals surface area contributed by atoms with E-state index in [1.54, 1.807) is 0 Å². The maximum absolute atomic E-state index is 13.5. The van der Waals surface area contributed by atoms with Crippen molar-refractivity contribution in [3.05, 3.63) is 69.3 Å². The first-order chi connectivity index (χ1) is 17.1. The normalized spacial score (nSPS) is 15.6. The Balaban J connectivity index is 1.54. The SMILES string of the molecule is NC(=O)c1sc2nc(C(F)(F)F)cc(-c3ccco3)c2c1NC(=O)C1CC(c2cccc(Br)c2)=NO1. The highest BCUT2D eigenvalue weighted by Gasteiger charge is 2.36. The Morgan fingerprint density at radius 3 is 2.67 bits per heavy atom. The van der Waals surface area contributed by atoms with Crippen LogP contribution >= 0.6 is 27.3 Å². The van der Waals surface area contributed by atoms with E-state index in [0.717, 1.165) is 16.1 Å². The average Bonchev–Trinajstić information content (AvgIpc) is 3.58. The van der Waals surface area contributed by atoms with E-state index < -0.39 is 29.8 Å². The number of thiophene rings is 1. The van der Waals surface area contributed by atoms with Crippen LogP contribution in [-0.4, -0.2) is 28.6 Å². The first kappa shape index (κ1) is 24.0. The molecule has 184 valence electrons. The third-order valence-corrected chi connectivity index (χ3v) is 6.92. The molecule has 0 saturated heterocycles. The molecular weight excluding hydrogens is 565 g/mol. The fraction of sp³-hybridized carbons (Fsp3) is 0.130. The number of halogens is 4. The molecule has 1 aromatic carbocycles. The number of carbonyl (C=O) groups is 2. The van der Waals surface area contributed by atoms with E-state index in [4.69, 9.17) is 15.0 Å². The van der Waals surface area contributed by atoms with E-state index in [2.05, 4.69) is 31.4 Å². The van der Waals surface area contributed by atoms with Crippen molar-refractivity contribution in [1.29, 1.82) is 0 Å². The maximum Gasteiger partial charge on any atom is 0.433 e. The number of nitrogens with two attached hydrogens (primary N) is 1. The van der Waals surface area contributed by atoms with Crippen LogP contribution in [0.3, 0.4) is 0 Å². The predicted octanol–water partition coefficient (Wildman–Crippen LogP) is 5.57. The number of furan rings is 1. The fourth-order valence-corrected chi connectivity index (χ4v) is 5.13. The minimum absolute atomic E-state index is 0.00482. The van der Waals surface area contributed by atoms with Gasteiger partial charge in [0.2, 0.25) is 6.10 Å². The molecule has 4 aromatic rings. The molecule has 0 spiro atoms. The number of pyridine rings is 1. The van der Waals surface area contributed by atoms with Gasteiger partial charge in [0.1, 0.15) is 21.2 Å². The number of benzene rings is 1. The number of nitrogens with zero attached hydrogens (tertiary/aromatic N) is 2. The minimum atomic E-state index is -4.76. The highest BCUT2D eigenvalue weighted by Crippen LogP contribution is 2.44. The number of hydrogen-bond acceptors (Lipinski definition) is 7. The number of fused-ring (bicyclic) bond motifs is 1. The molecule has 1 atom stereocenters. The molecule has 5 rings (SSSR count). The molecule has 0 aliphatic carbocycles. The minimum Gasteiger partial charge on any atom is -0.464 e. The molecule has 4 heterocycles. The standard InChI is InChI=1S/C23H14BrF3N4O4S/c24-11-4-1-3-10(7-11)13-9-15(35-31-13)21(33)30-18-17-12(14-5-2-6-34-14)8-16(23(25,26)27)29-22(17)36-19(18)20(28)32/h1-8,15H,9H2,(H2,28,32)(H,30,33). The van der Waals surface area contributed by atoms with Gasteiger partial charge in [-0.25, -0.2) is 4.98 Å². The Kier molecular flexibility index (Phi) is 6.04. The summed E-state index contributed by atoms with van der Waals surface area (Å²) < 4.78 is 46.8. The number of amides is 2. The molecule has 8 nitrogen and oxygen atoms in total. The number of nitrogens with one attached hydrogen (secondary N) is 1. The molecule has 1 aliphatic heterocycles. The van der Waals surface area contributed by atoms with Crippen molar-refractivity contribution in [2.75, 3.05) is 5.32 Å². The van der Waals surface area contributed by atoms with Gasteiger partial charge < -0.3 is 20.3 Å². The van der Waals surface area contributed by atoms with Crippen LogP contribution in [0.1, 0.15) is 27.3 Å². The summed E-state index contributed by atoms with van der Waals surface area (Å²) in [5, 5.41) is 6.68. The molecule has 0 saturated carbocycles. The Bertz CT molecular complexity index is 1530. The molecule has 3 N–H and O–H groups in total. The van der Waals surface area contributed by atoms with Crippen LogP contribution in [0.4, 0.5) is 18.9 Å². The van der Waals surface area contributed by atoms with E-state index >= 15 is 0 Å². The maximum atomic E-state index is 13.5. The van der Waals surface area contributed by atoms with Gasteiger partial charge in [0.25, 0.3) is 11.8 Å². The second-order valence-electron chi connectivity index (χ2n) is 7.72. The van der Waals surface area contributed by atoms with Crippen molar-refractivity contribution in [1.82, 2.24) is 4.98 Å². The number of hydrogen-bond donors (Lipinski definition) is 2. The number of oxime groups is 1. The number of carbonyl (C=O) groups excluding carboxylic acids is 2. The van der Waals surface area contributed by atoms with E-state index in [-0.39, 0.29) is 38.5 Å². The molecule has 13 heteroatoms. The number of aromatic nitrogens is 1. The quantitative estimate of drug-likeness (QED) is 0.321. The van der Waals surface area contributed by atoms with Gasteiger partial charge in [-0.1, -0.05) is 33.2 Å². The highest BCUT2D eigenvalue weighted by molar-refractivity contribution is 9.10. The largest absolute Gasteiger partial charge is 0.464 e. The van der Waals surface area contributed by atoms with Crippen LogP contribution in [0, 0.1) is 0 Å². The molecule has 0 fully saturated rings. The molecule has 1 aliphatic rings. The molecule has 2 amide bonds. The van der Waals surface area contributed by atoms with Gasteiger partial charge in [-0.05, 0) is 30.3 Å². The van der Waals surface area contributed by atoms with Crippen LogP contribution in [0.25, 0.3) is 21.5 Å². The smallest absolute Gasteiger partial charge is 0.433 e. The lowest BCUT2D eigenvalue weighted by Gasteiger charge is -2.12. The summed E-state index contributed by atoms with van der Waals surface area (Å²) in [5.74, 6) is -1.50. The zero-order valence-corrected chi connectivity index (χ0v) is 20.3. The van der Waals surface area contributed by atoms with Gasteiger partial charge in [0, 0.05) is 27.4 Å². The van der Waals surface area contributed by atoms with Crippen molar-refractivity contribution in [2.24, 2.45) is 10.9 Å². The third kappa shape index (κ3) is 4.46. The first-order valence-electron chi connectivity index (χ1n) is 10.3. The van der Waals surface area contributed by atoms with E-state index in [9.17, 15) is 22.8 Å². The second kappa shape index (κ2) is 9.06. The van der Waals surface area contributed by atoms with Gasteiger partial charge in [-0.15, -0.1) is 11.3 Å². The zero-order chi connectivity index (χ0) is 25.6. The van der Waals surface area contributed by atoms with Crippen LogP contribution in [0.15, 0.2) is 62.8 Å². The van der Waals surface area contributed by atoms with E-state index in [1.807, 2.05) is 24.3 Å². The fourth-order valence-electron chi connectivity index (χ4n) is 3.72. The molecule has 0 bridgehead atoms. The van der Waals surface area contributed by atoms with Crippen molar-refractivity contribution in [3.8, 4) is 11.3 Å². The van der Waals surface area contributed by atoms with E-state index in [1.165, 1.54) is 18.4 Å². The van der Waals surface area contributed by atoms with Gasteiger partial charge in [-0.3, -0.25) is 9.59 Å². The van der Waals surface area contributed by atoms with Crippen molar-refractivity contribution >= 4 is 60.7 Å². The number of primary amides is 1. The Morgan fingerprint density at radius 1 is 1.19 bits per heavy atom. The topological polar surface area (TPSA) is 120 Å². The van der Waals surface area contributed by atoms with E-state index in [0.29, 0.717) is 17.0 Å². The van der Waals surface area contributed by atoms with Crippen molar-refractivity contribution in [3.63, 3.8) is 0 Å². The van der Waals surface area contributed by atoms with Gasteiger partial charge >= 0.3 is 6.18 Å². The molecule has 0 radical (unpaired) electrons. The number of rotatable bonds is 5. The van der Waals surface area contributed by atoms with Crippen LogP contribution in [0.5, 0.6) is 0 Å². The summed E-state index contributed by atoms with van der Waals surface area (Å²) in [6, 6.07) is 11.0. The Labute approximate surface area is 213 Å². The second-order valence-corrected chi connectivity index (χ2v) is 9.63. The predicted molar refractivity (Wildman–Crippen MR) is 130 cm³/mol.